The fraction of sp³-hybridized carbons (Fsp3) is 0.357. The molecule has 0 spiro atoms. The van der Waals surface area contributed by atoms with Crippen molar-refractivity contribution in [3.63, 3.8) is 0 Å². The van der Waals surface area contributed by atoms with Gasteiger partial charge < -0.3 is 10.1 Å². The molecule has 1 aromatic carbocycles. The highest BCUT2D eigenvalue weighted by molar-refractivity contribution is 7.09. The van der Waals surface area contributed by atoms with Crippen LogP contribution in [0.1, 0.15) is 22.2 Å². The van der Waals surface area contributed by atoms with Crippen molar-refractivity contribution in [1.82, 2.24) is 10.3 Å². The average molecular weight is 262 g/mol. The highest BCUT2D eigenvalue weighted by atomic mass is 32.1. The summed E-state index contributed by atoms with van der Waals surface area (Å²) in [6.07, 6.45) is 0.941. The molecule has 0 fully saturated rings. The Morgan fingerprint density at radius 2 is 2.28 bits per heavy atom. The number of nitrogens with zero attached hydrogens (tertiary/aromatic N) is 1. The molecule has 1 aromatic heterocycles. The van der Waals surface area contributed by atoms with Gasteiger partial charge in [0.1, 0.15) is 5.75 Å². The molecule has 96 valence electrons. The molecule has 3 nitrogen and oxygen atoms in total. The number of benzene rings is 1. The molecule has 0 saturated carbocycles. The highest BCUT2D eigenvalue weighted by Gasteiger charge is 2.15. The van der Waals surface area contributed by atoms with E-state index in [1.807, 2.05) is 24.7 Å². The number of aromatic nitrogens is 1. The fourth-order valence-corrected chi connectivity index (χ4v) is 2.92. The Kier molecular flexibility index (Phi) is 4.33. The molecule has 1 atom stereocenters. The fourth-order valence-electron chi connectivity index (χ4n) is 2.01. The van der Waals surface area contributed by atoms with E-state index in [-0.39, 0.29) is 0 Å². The van der Waals surface area contributed by atoms with Crippen LogP contribution in [0.25, 0.3) is 0 Å². The molecule has 2 rings (SSSR count). The first-order valence-electron chi connectivity index (χ1n) is 5.94. The number of ether oxygens (including phenoxy) is 1. The second-order valence-electron chi connectivity index (χ2n) is 4.20. The van der Waals surface area contributed by atoms with E-state index in [4.69, 9.17) is 4.74 Å². The zero-order chi connectivity index (χ0) is 13.0. The van der Waals surface area contributed by atoms with E-state index in [9.17, 15) is 0 Å². The third kappa shape index (κ3) is 2.89. The number of nitrogens with one attached hydrogen (secondary N) is 1. The van der Waals surface area contributed by atoms with E-state index in [1.54, 1.807) is 18.4 Å². The van der Waals surface area contributed by atoms with Gasteiger partial charge in [0.2, 0.25) is 0 Å². The Balaban J connectivity index is 2.18. The smallest absolute Gasteiger partial charge is 0.119 e. The third-order valence-electron chi connectivity index (χ3n) is 3.02. The molecule has 2 aromatic rings. The topological polar surface area (TPSA) is 34.1 Å². The zero-order valence-electron chi connectivity index (χ0n) is 10.9. The summed E-state index contributed by atoms with van der Waals surface area (Å²) in [6.45, 7) is 2.06. The Hall–Kier alpha value is -1.39. The molecule has 1 heterocycles. The van der Waals surface area contributed by atoms with Crippen LogP contribution in [0.15, 0.2) is 29.8 Å². The summed E-state index contributed by atoms with van der Waals surface area (Å²) in [7, 11) is 3.69. The van der Waals surface area contributed by atoms with Crippen LogP contribution in [-0.4, -0.2) is 19.1 Å². The van der Waals surface area contributed by atoms with Gasteiger partial charge in [-0.2, -0.15) is 0 Å². The van der Waals surface area contributed by atoms with E-state index in [2.05, 4.69) is 29.4 Å². The molecule has 0 saturated heterocycles. The molecule has 0 radical (unpaired) electrons. The minimum absolute atomic E-state index is 0.310. The van der Waals surface area contributed by atoms with Crippen molar-refractivity contribution >= 4 is 11.3 Å². The predicted octanol–water partition coefficient (Wildman–Crippen LogP) is 2.96. The minimum atomic E-state index is 0.310. The van der Waals surface area contributed by atoms with E-state index in [0.717, 1.165) is 17.9 Å². The first kappa shape index (κ1) is 13.1. The van der Waals surface area contributed by atoms with E-state index in [1.165, 1.54) is 10.4 Å². The van der Waals surface area contributed by atoms with Crippen LogP contribution in [-0.2, 0) is 6.42 Å². The van der Waals surface area contributed by atoms with Crippen LogP contribution in [0.4, 0.5) is 0 Å². The maximum Gasteiger partial charge on any atom is 0.119 e. The van der Waals surface area contributed by atoms with Crippen molar-refractivity contribution in [3.05, 3.63) is 45.9 Å². The van der Waals surface area contributed by atoms with Crippen molar-refractivity contribution in [3.8, 4) is 5.75 Å². The molecular weight excluding hydrogens is 244 g/mol. The van der Waals surface area contributed by atoms with Crippen LogP contribution in [0, 0.1) is 6.92 Å². The Morgan fingerprint density at radius 1 is 1.44 bits per heavy atom. The van der Waals surface area contributed by atoms with Gasteiger partial charge in [0, 0.05) is 10.9 Å². The Labute approximate surface area is 112 Å². The standard InChI is InChI=1S/C14H18N2OS/c1-10-14(18-9-16-10)13(15-2)8-11-5-4-6-12(7-11)17-3/h4-7,9,13,15H,8H2,1-3H3. The van der Waals surface area contributed by atoms with Crippen LogP contribution >= 0.6 is 11.3 Å². The van der Waals surface area contributed by atoms with Crippen molar-refractivity contribution < 1.29 is 4.74 Å². The quantitative estimate of drug-likeness (QED) is 0.899. The summed E-state index contributed by atoms with van der Waals surface area (Å²) in [5.41, 5.74) is 4.28. The van der Waals surface area contributed by atoms with Crippen molar-refractivity contribution in [1.29, 1.82) is 0 Å². The zero-order valence-corrected chi connectivity index (χ0v) is 11.8. The van der Waals surface area contributed by atoms with Gasteiger partial charge in [-0.15, -0.1) is 11.3 Å². The van der Waals surface area contributed by atoms with Gasteiger partial charge >= 0.3 is 0 Å². The Bertz CT molecular complexity index is 510. The van der Waals surface area contributed by atoms with Gasteiger partial charge in [-0.1, -0.05) is 12.1 Å². The van der Waals surface area contributed by atoms with Crippen LogP contribution in [0.5, 0.6) is 5.75 Å². The molecular formula is C14H18N2OS. The highest BCUT2D eigenvalue weighted by Crippen LogP contribution is 2.25. The van der Waals surface area contributed by atoms with Gasteiger partial charge in [0.25, 0.3) is 0 Å². The Morgan fingerprint density at radius 3 is 2.89 bits per heavy atom. The van der Waals surface area contributed by atoms with Crippen molar-refractivity contribution in [2.75, 3.05) is 14.2 Å². The number of thiazole rings is 1. The molecule has 4 heteroatoms. The normalized spacial score (nSPS) is 12.4. The number of aryl methyl sites for hydroxylation is 1. The molecule has 0 amide bonds. The molecule has 1 N–H and O–H groups in total. The number of rotatable bonds is 5. The summed E-state index contributed by atoms with van der Waals surface area (Å²) < 4.78 is 5.25. The largest absolute Gasteiger partial charge is 0.497 e. The first-order chi connectivity index (χ1) is 8.74. The summed E-state index contributed by atoms with van der Waals surface area (Å²) in [5.74, 6) is 0.906. The third-order valence-corrected chi connectivity index (χ3v) is 4.07. The summed E-state index contributed by atoms with van der Waals surface area (Å²) >= 11 is 1.71. The number of methoxy groups -OCH3 is 1. The molecule has 0 aliphatic rings. The monoisotopic (exact) mass is 262 g/mol. The number of likely N-dealkylation sites (N-methyl/N-ethyl adjacent to an activating group) is 1. The van der Waals surface area contributed by atoms with Gasteiger partial charge in [0.15, 0.2) is 0 Å². The van der Waals surface area contributed by atoms with E-state index < -0.39 is 0 Å². The molecule has 0 bridgehead atoms. The van der Waals surface area contributed by atoms with Gasteiger partial charge in [-0.05, 0) is 38.1 Å². The van der Waals surface area contributed by atoms with E-state index >= 15 is 0 Å². The van der Waals surface area contributed by atoms with Gasteiger partial charge in [0.05, 0.1) is 18.3 Å². The van der Waals surface area contributed by atoms with Gasteiger partial charge in [-0.25, -0.2) is 4.98 Å². The maximum atomic E-state index is 5.25. The summed E-state index contributed by atoms with van der Waals surface area (Å²) in [6, 6.07) is 8.52. The molecule has 0 aliphatic carbocycles. The maximum absolute atomic E-state index is 5.25. The molecule has 18 heavy (non-hydrogen) atoms. The lowest BCUT2D eigenvalue weighted by Gasteiger charge is -2.15. The first-order valence-corrected chi connectivity index (χ1v) is 6.82. The summed E-state index contributed by atoms with van der Waals surface area (Å²) in [5, 5.41) is 3.36. The lowest BCUT2D eigenvalue weighted by molar-refractivity contribution is 0.414. The van der Waals surface area contributed by atoms with E-state index in [0.29, 0.717) is 6.04 Å². The minimum Gasteiger partial charge on any atom is -0.497 e. The number of hydrogen-bond donors (Lipinski definition) is 1. The number of hydrogen-bond acceptors (Lipinski definition) is 4. The van der Waals surface area contributed by atoms with Gasteiger partial charge in [-0.3, -0.25) is 0 Å². The van der Waals surface area contributed by atoms with Crippen LogP contribution in [0.3, 0.4) is 0 Å². The lowest BCUT2D eigenvalue weighted by atomic mass is 10.0. The molecule has 0 aliphatic heterocycles. The second kappa shape index (κ2) is 5.98. The second-order valence-corrected chi connectivity index (χ2v) is 5.09. The van der Waals surface area contributed by atoms with Crippen LogP contribution in [0.2, 0.25) is 0 Å². The SMILES string of the molecule is CNC(Cc1cccc(OC)c1)c1scnc1C. The van der Waals surface area contributed by atoms with Crippen LogP contribution < -0.4 is 10.1 Å². The lowest BCUT2D eigenvalue weighted by Crippen LogP contribution is -2.18. The predicted molar refractivity (Wildman–Crippen MR) is 75.3 cm³/mol. The summed E-state index contributed by atoms with van der Waals surface area (Å²) in [4.78, 5) is 5.62. The average Bonchev–Trinajstić information content (AvgIpc) is 2.82. The van der Waals surface area contributed by atoms with Crippen molar-refractivity contribution in [2.45, 2.75) is 19.4 Å². The molecule has 1 unspecified atom stereocenters. The van der Waals surface area contributed by atoms with Crippen molar-refractivity contribution in [2.24, 2.45) is 0 Å².